The zero-order valence-corrected chi connectivity index (χ0v) is 9.04. The van der Waals surface area contributed by atoms with Crippen LogP contribution in [0, 0.1) is 6.92 Å². The average Bonchev–Trinajstić information content (AvgIpc) is 2.04. The molecule has 13 heavy (non-hydrogen) atoms. The third-order valence-electron chi connectivity index (χ3n) is 2.30. The summed E-state index contributed by atoms with van der Waals surface area (Å²) in [5.74, 6) is 0. The maximum absolute atomic E-state index is 2.40. The quantitative estimate of drug-likeness (QED) is 0.685. The zero-order valence-electron chi connectivity index (χ0n) is 9.04. The van der Waals surface area contributed by atoms with Crippen LogP contribution >= 0.6 is 0 Å². The molecule has 0 unspecified atom stereocenters. The molecular formula is C12H19N. The summed E-state index contributed by atoms with van der Waals surface area (Å²) in [6, 6.07) is 9.25. The Morgan fingerprint density at radius 3 is 2.46 bits per heavy atom. The molecule has 0 fully saturated rings. The molecule has 0 atom stereocenters. The van der Waals surface area contributed by atoms with E-state index in [9.17, 15) is 0 Å². The first-order valence-corrected chi connectivity index (χ1v) is 4.98. The maximum Gasteiger partial charge on any atom is 0.0371 e. The van der Waals surface area contributed by atoms with Crippen molar-refractivity contribution in [3.63, 3.8) is 0 Å². The standard InChI is InChI=1S/C12H19N/c1-5-13(10(2)3)12-8-6-7-11(4)9-12/h6-10H,5H2,1-4H3. The molecule has 1 rings (SSSR count). The largest absolute Gasteiger partial charge is 0.369 e. The topological polar surface area (TPSA) is 3.24 Å². The van der Waals surface area contributed by atoms with Gasteiger partial charge in [0.1, 0.15) is 0 Å². The predicted molar refractivity (Wildman–Crippen MR) is 59.3 cm³/mol. The summed E-state index contributed by atoms with van der Waals surface area (Å²) in [4.78, 5) is 2.40. The number of hydrogen-bond donors (Lipinski definition) is 0. The summed E-state index contributed by atoms with van der Waals surface area (Å²) < 4.78 is 0. The number of rotatable bonds is 3. The predicted octanol–water partition coefficient (Wildman–Crippen LogP) is 3.23. The Hall–Kier alpha value is -0.980. The SMILES string of the molecule is CCN(c1cccc(C)c1)C(C)C. The van der Waals surface area contributed by atoms with Gasteiger partial charge in [-0.3, -0.25) is 0 Å². The van der Waals surface area contributed by atoms with Gasteiger partial charge in [0.25, 0.3) is 0 Å². The van der Waals surface area contributed by atoms with Crippen molar-refractivity contribution in [3.8, 4) is 0 Å². The smallest absolute Gasteiger partial charge is 0.0371 e. The third-order valence-corrected chi connectivity index (χ3v) is 2.30. The number of hydrogen-bond acceptors (Lipinski definition) is 1. The molecule has 0 amide bonds. The highest BCUT2D eigenvalue weighted by molar-refractivity contribution is 5.48. The molecule has 0 aromatic heterocycles. The van der Waals surface area contributed by atoms with Gasteiger partial charge in [0.15, 0.2) is 0 Å². The number of anilines is 1. The van der Waals surface area contributed by atoms with Crippen LogP contribution < -0.4 is 4.90 Å². The minimum absolute atomic E-state index is 0.576. The molecular weight excluding hydrogens is 158 g/mol. The Morgan fingerprint density at radius 1 is 1.31 bits per heavy atom. The van der Waals surface area contributed by atoms with E-state index in [-0.39, 0.29) is 0 Å². The van der Waals surface area contributed by atoms with Gasteiger partial charge in [0, 0.05) is 18.3 Å². The summed E-state index contributed by atoms with van der Waals surface area (Å²) in [5.41, 5.74) is 2.66. The lowest BCUT2D eigenvalue weighted by Crippen LogP contribution is -2.30. The summed E-state index contributed by atoms with van der Waals surface area (Å²) in [7, 11) is 0. The molecule has 0 heterocycles. The lowest BCUT2D eigenvalue weighted by molar-refractivity contribution is 0.703. The van der Waals surface area contributed by atoms with E-state index in [4.69, 9.17) is 0 Å². The van der Waals surface area contributed by atoms with Crippen LogP contribution in [0.5, 0.6) is 0 Å². The van der Waals surface area contributed by atoms with Crippen molar-refractivity contribution in [2.75, 3.05) is 11.4 Å². The fourth-order valence-corrected chi connectivity index (χ4v) is 1.65. The van der Waals surface area contributed by atoms with Crippen molar-refractivity contribution in [2.45, 2.75) is 33.7 Å². The van der Waals surface area contributed by atoms with Crippen molar-refractivity contribution in [1.82, 2.24) is 0 Å². The van der Waals surface area contributed by atoms with E-state index in [0.29, 0.717) is 6.04 Å². The normalized spacial score (nSPS) is 10.5. The van der Waals surface area contributed by atoms with Crippen LogP contribution in [0.25, 0.3) is 0 Å². The molecule has 0 radical (unpaired) electrons. The molecule has 1 heteroatoms. The van der Waals surface area contributed by atoms with Crippen LogP contribution in [0.15, 0.2) is 24.3 Å². The van der Waals surface area contributed by atoms with Gasteiger partial charge in [-0.25, -0.2) is 0 Å². The molecule has 0 aliphatic heterocycles. The molecule has 1 aromatic rings. The summed E-state index contributed by atoms with van der Waals surface area (Å²) in [5, 5.41) is 0. The minimum atomic E-state index is 0.576. The first kappa shape index (κ1) is 10.1. The van der Waals surface area contributed by atoms with Gasteiger partial charge < -0.3 is 4.90 Å². The first-order valence-electron chi connectivity index (χ1n) is 4.98. The highest BCUT2D eigenvalue weighted by Gasteiger charge is 2.06. The fraction of sp³-hybridized carbons (Fsp3) is 0.500. The highest BCUT2D eigenvalue weighted by atomic mass is 15.1. The summed E-state index contributed by atoms with van der Waals surface area (Å²) in [6.45, 7) is 9.86. The van der Waals surface area contributed by atoms with E-state index in [1.807, 2.05) is 0 Å². The van der Waals surface area contributed by atoms with E-state index in [0.717, 1.165) is 6.54 Å². The molecule has 0 saturated heterocycles. The van der Waals surface area contributed by atoms with Crippen LogP contribution in [0.1, 0.15) is 26.3 Å². The van der Waals surface area contributed by atoms with Crippen molar-refractivity contribution < 1.29 is 0 Å². The zero-order chi connectivity index (χ0) is 9.84. The van der Waals surface area contributed by atoms with Gasteiger partial charge in [-0.15, -0.1) is 0 Å². The number of aryl methyl sites for hydroxylation is 1. The lowest BCUT2D eigenvalue weighted by Gasteiger charge is -2.27. The van der Waals surface area contributed by atoms with E-state index in [1.54, 1.807) is 0 Å². The van der Waals surface area contributed by atoms with Crippen LogP contribution in [0.2, 0.25) is 0 Å². The molecule has 1 aromatic carbocycles. The van der Waals surface area contributed by atoms with Crippen LogP contribution in [-0.2, 0) is 0 Å². The Kier molecular flexibility index (Phi) is 3.35. The summed E-state index contributed by atoms with van der Waals surface area (Å²) in [6.07, 6.45) is 0. The maximum atomic E-state index is 2.40. The van der Waals surface area contributed by atoms with Crippen molar-refractivity contribution in [2.24, 2.45) is 0 Å². The third kappa shape index (κ3) is 2.48. The van der Waals surface area contributed by atoms with Gasteiger partial charge >= 0.3 is 0 Å². The second kappa shape index (κ2) is 4.31. The van der Waals surface area contributed by atoms with E-state index in [1.165, 1.54) is 11.3 Å². The Bertz CT molecular complexity index is 266. The fourth-order valence-electron chi connectivity index (χ4n) is 1.65. The second-order valence-electron chi connectivity index (χ2n) is 3.72. The lowest BCUT2D eigenvalue weighted by atomic mass is 10.2. The number of benzene rings is 1. The minimum Gasteiger partial charge on any atom is -0.369 e. The molecule has 0 bridgehead atoms. The Labute approximate surface area is 81.4 Å². The van der Waals surface area contributed by atoms with Gasteiger partial charge in [-0.05, 0) is 45.4 Å². The van der Waals surface area contributed by atoms with Gasteiger partial charge in [0.05, 0.1) is 0 Å². The van der Waals surface area contributed by atoms with Crippen molar-refractivity contribution in [1.29, 1.82) is 0 Å². The molecule has 0 spiro atoms. The van der Waals surface area contributed by atoms with Crippen LogP contribution in [0.4, 0.5) is 5.69 Å². The Balaban J connectivity index is 2.91. The Morgan fingerprint density at radius 2 is 2.00 bits per heavy atom. The summed E-state index contributed by atoms with van der Waals surface area (Å²) >= 11 is 0. The monoisotopic (exact) mass is 177 g/mol. The average molecular weight is 177 g/mol. The van der Waals surface area contributed by atoms with E-state index >= 15 is 0 Å². The molecule has 72 valence electrons. The van der Waals surface area contributed by atoms with Crippen molar-refractivity contribution >= 4 is 5.69 Å². The van der Waals surface area contributed by atoms with Crippen LogP contribution in [-0.4, -0.2) is 12.6 Å². The van der Waals surface area contributed by atoms with Crippen LogP contribution in [0.3, 0.4) is 0 Å². The van der Waals surface area contributed by atoms with E-state index in [2.05, 4.69) is 56.9 Å². The highest BCUT2D eigenvalue weighted by Crippen LogP contribution is 2.17. The number of nitrogens with zero attached hydrogens (tertiary/aromatic N) is 1. The molecule has 0 aliphatic rings. The van der Waals surface area contributed by atoms with Gasteiger partial charge in [-0.2, -0.15) is 0 Å². The molecule has 0 N–H and O–H groups in total. The molecule has 0 aliphatic carbocycles. The van der Waals surface area contributed by atoms with Gasteiger partial charge in [-0.1, -0.05) is 12.1 Å². The first-order chi connectivity index (χ1) is 6.15. The van der Waals surface area contributed by atoms with Gasteiger partial charge in [0.2, 0.25) is 0 Å². The molecule has 1 nitrogen and oxygen atoms in total. The van der Waals surface area contributed by atoms with Crippen molar-refractivity contribution in [3.05, 3.63) is 29.8 Å². The second-order valence-corrected chi connectivity index (χ2v) is 3.72. The molecule has 0 saturated carbocycles. The van der Waals surface area contributed by atoms with E-state index < -0.39 is 0 Å².